The number of nitrogens with zero attached hydrogens (tertiary/aromatic N) is 1. The van der Waals surface area contributed by atoms with Crippen LogP contribution in [0.15, 0.2) is 18.2 Å². The van der Waals surface area contributed by atoms with Crippen LogP contribution in [0.4, 0.5) is 5.69 Å². The van der Waals surface area contributed by atoms with Crippen molar-refractivity contribution in [3.8, 4) is 0 Å². The molecule has 4 nitrogen and oxygen atoms in total. The van der Waals surface area contributed by atoms with Gasteiger partial charge in [-0.3, -0.25) is 9.69 Å². The molecule has 1 heterocycles. The van der Waals surface area contributed by atoms with E-state index >= 15 is 0 Å². The largest absolute Gasteiger partial charge is 0.398 e. The number of amides is 1. The van der Waals surface area contributed by atoms with Gasteiger partial charge in [-0.05, 0) is 43.4 Å². The number of piperidine rings is 1. The molecule has 4 N–H and O–H groups in total. The van der Waals surface area contributed by atoms with Gasteiger partial charge in [-0.2, -0.15) is 0 Å². The zero-order valence-electron chi connectivity index (χ0n) is 11.7. The Morgan fingerprint density at radius 1 is 1.37 bits per heavy atom. The highest BCUT2D eigenvalue weighted by molar-refractivity contribution is 5.93. The molecule has 0 radical (unpaired) electrons. The SMILES string of the molecule is CC1CCC(C)N(Cc2ccc(C(N)=O)cc2N)C1. The van der Waals surface area contributed by atoms with Crippen LogP contribution in [0.1, 0.15) is 42.6 Å². The highest BCUT2D eigenvalue weighted by Gasteiger charge is 2.23. The fraction of sp³-hybridized carbons (Fsp3) is 0.533. The molecule has 2 rings (SSSR count). The monoisotopic (exact) mass is 261 g/mol. The molecule has 0 aliphatic carbocycles. The van der Waals surface area contributed by atoms with Crippen molar-refractivity contribution in [1.29, 1.82) is 0 Å². The normalized spacial score (nSPS) is 24.3. The molecule has 1 aromatic rings. The highest BCUT2D eigenvalue weighted by Crippen LogP contribution is 2.25. The molecular formula is C15H23N3O. The summed E-state index contributed by atoms with van der Waals surface area (Å²) in [6, 6.07) is 5.94. The van der Waals surface area contributed by atoms with E-state index in [0.29, 0.717) is 17.3 Å². The van der Waals surface area contributed by atoms with Crippen molar-refractivity contribution >= 4 is 11.6 Å². The third-order valence-electron chi connectivity index (χ3n) is 4.05. The van der Waals surface area contributed by atoms with E-state index in [1.807, 2.05) is 6.07 Å². The van der Waals surface area contributed by atoms with Crippen LogP contribution < -0.4 is 11.5 Å². The van der Waals surface area contributed by atoms with Crippen molar-refractivity contribution < 1.29 is 4.79 Å². The van der Waals surface area contributed by atoms with Crippen LogP contribution in [0.5, 0.6) is 0 Å². The highest BCUT2D eigenvalue weighted by atomic mass is 16.1. The lowest BCUT2D eigenvalue weighted by atomic mass is 9.94. The molecule has 0 saturated carbocycles. The molecule has 0 aromatic heterocycles. The molecule has 19 heavy (non-hydrogen) atoms. The smallest absolute Gasteiger partial charge is 0.248 e. The first kappa shape index (κ1) is 13.9. The molecule has 1 aromatic carbocycles. The number of primary amides is 1. The first-order valence-corrected chi connectivity index (χ1v) is 6.89. The predicted molar refractivity (Wildman–Crippen MR) is 77.6 cm³/mol. The second kappa shape index (κ2) is 5.61. The van der Waals surface area contributed by atoms with E-state index < -0.39 is 5.91 Å². The quantitative estimate of drug-likeness (QED) is 0.817. The number of carbonyl (C=O) groups is 1. The van der Waals surface area contributed by atoms with Gasteiger partial charge >= 0.3 is 0 Å². The molecule has 0 spiro atoms. The van der Waals surface area contributed by atoms with Crippen LogP contribution in [0.3, 0.4) is 0 Å². The van der Waals surface area contributed by atoms with Crippen LogP contribution in [0, 0.1) is 5.92 Å². The molecule has 1 amide bonds. The van der Waals surface area contributed by atoms with E-state index in [9.17, 15) is 4.79 Å². The Hall–Kier alpha value is -1.55. The van der Waals surface area contributed by atoms with Gasteiger partial charge in [-0.1, -0.05) is 13.0 Å². The van der Waals surface area contributed by atoms with Crippen molar-refractivity contribution in [2.75, 3.05) is 12.3 Å². The fourth-order valence-corrected chi connectivity index (χ4v) is 2.71. The van der Waals surface area contributed by atoms with Crippen molar-refractivity contribution in [3.63, 3.8) is 0 Å². The van der Waals surface area contributed by atoms with Crippen LogP contribution >= 0.6 is 0 Å². The maximum atomic E-state index is 11.1. The van der Waals surface area contributed by atoms with E-state index in [4.69, 9.17) is 11.5 Å². The summed E-state index contributed by atoms with van der Waals surface area (Å²) in [5.74, 6) is 0.306. The van der Waals surface area contributed by atoms with Gasteiger partial charge < -0.3 is 11.5 Å². The topological polar surface area (TPSA) is 72.3 Å². The zero-order chi connectivity index (χ0) is 14.0. The summed E-state index contributed by atoms with van der Waals surface area (Å²) >= 11 is 0. The number of benzene rings is 1. The van der Waals surface area contributed by atoms with Gasteiger partial charge in [0.05, 0.1) is 0 Å². The first-order valence-electron chi connectivity index (χ1n) is 6.89. The summed E-state index contributed by atoms with van der Waals surface area (Å²) in [6.45, 7) is 6.51. The Labute approximate surface area is 114 Å². The molecule has 1 fully saturated rings. The minimum Gasteiger partial charge on any atom is -0.398 e. The molecule has 104 valence electrons. The summed E-state index contributed by atoms with van der Waals surface area (Å²) in [4.78, 5) is 13.6. The Morgan fingerprint density at radius 3 is 2.74 bits per heavy atom. The van der Waals surface area contributed by atoms with Gasteiger partial charge in [-0.15, -0.1) is 0 Å². The van der Waals surface area contributed by atoms with Gasteiger partial charge in [0.1, 0.15) is 0 Å². The third-order valence-corrected chi connectivity index (χ3v) is 4.05. The Morgan fingerprint density at radius 2 is 2.11 bits per heavy atom. The summed E-state index contributed by atoms with van der Waals surface area (Å²) in [5.41, 5.74) is 13.5. The average Bonchev–Trinajstić information content (AvgIpc) is 2.36. The molecule has 0 bridgehead atoms. The number of rotatable bonds is 3. The van der Waals surface area contributed by atoms with Crippen molar-refractivity contribution in [1.82, 2.24) is 4.90 Å². The number of hydrogen-bond donors (Lipinski definition) is 2. The van der Waals surface area contributed by atoms with E-state index in [1.54, 1.807) is 12.1 Å². The minimum atomic E-state index is -0.432. The number of nitrogen functional groups attached to an aromatic ring is 1. The molecule has 2 atom stereocenters. The molecule has 1 aliphatic heterocycles. The second-order valence-corrected chi connectivity index (χ2v) is 5.74. The predicted octanol–water partition coefficient (Wildman–Crippen LogP) is 1.99. The lowest BCUT2D eigenvalue weighted by molar-refractivity contribution is 0.1000. The van der Waals surface area contributed by atoms with E-state index in [2.05, 4.69) is 18.7 Å². The standard InChI is InChI=1S/C15H23N3O/c1-10-3-4-11(2)18(8-10)9-13-6-5-12(15(17)19)7-14(13)16/h5-7,10-11H,3-4,8-9,16H2,1-2H3,(H2,17,19). The Balaban J connectivity index is 2.12. The first-order chi connectivity index (χ1) is 8.97. The summed E-state index contributed by atoms with van der Waals surface area (Å²) in [7, 11) is 0. The van der Waals surface area contributed by atoms with Crippen molar-refractivity contribution in [3.05, 3.63) is 29.3 Å². The summed E-state index contributed by atoms with van der Waals surface area (Å²) < 4.78 is 0. The van der Waals surface area contributed by atoms with Crippen LogP contribution in [-0.4, -0.2) is 23.4 Å². The number of nitrogens with two attached hydrogens (primary N) is 2. The summed E-state index contributed by atoms with van der Waals surface area (Å²) in [6.07, 6.45) is 2.54. The van der Waals surface area contributed by atoms with Gasteiger partial charge in [-0.25, -0.2) is 0 Å². The third kappa shape index (κ3) is 3.26. The average molecular weight is 261 g/mol. The van der Waals surface area contributed by atoms with E-state index in [1.165, 1.54) is 12.8 Å². The fourth-order valence-electron chi connectivity index (χ4n) is 2.71. The maximum Gasteiger partial charge on any atom is 0.248 e. The van der Waals surface area contributed by atoms with Crippen molar-refractivity contribution in [2.45, 2.75) is 39.3 Å². The van der Waals surface area contributed by atoms with Gasteiger partial charge in [0.15, 0.2) is 0 Å². The lowest BCUT2D eigenvalue weighted by Crippen LogP contribution is -2.40. The zero-order valence-corrected chi connectivity index (χ0v) is 11.7. The van der Waals surface area contributed by atoms with Gasteiger partial charge in [0.25, 0.3) is 0 Å². The molecule has 1 saturated heterocycles. The Kier molecular flexibility index (Phi) is 4.10. The number of hydrogen-bond acceptors (Lipinski definition) is 3. The van der Waals surface area contributed by atoms with Crippen molar-refractivity contribution in [2.24, 2.45) is 11.7 Å². The van der Waals surface area contributed by atoms with Crippen LogP contribution in [0.25, 0.3) is 0 Å². The minimum absolute atomic E-state index is 0.432. The lowest BCUT2D eigenvalue weighted by Gasteiger charge is -2.37. The number of anilines is 1. The van der Waals surface area contributed by atoms with Gasteiger partial charge in [0, 0.05) is 30.4 Å². The molecule has 2 unspecified atom stereocenters. The van der Waals surface area contributed by atoms with E-state index in [0.717, 1.165) is 24.6 Å². The van der Waals surface area contributed by atoms with E-state index in [-0.39, 0.29) is 0 Å². The molecule has 1 aliphatic rings. The van der Waals surface area contributed by atoms with Gasteiger partial charge in [0.2, 0.25) is 5.91 Å². The Bertz CT molecular complexity index is 472. The molecule has 4 heteroatoms. The maximum absolute atomic E-state index is 11.1. The summed E-state index contributed by atoms with van der Waals surface area (Å²) in [5, 5.41) is 0. The number of carbonyl (C=O) groups excluding carboxylic acids is 1. The number of likely N-dealkylation sites (tertiary alicyclic amines) is 1. The van der Waals surface area contributed by atoms with Crippen LogP contribution in [0.2, 0.25) is 0 Å². The molecular weight excluding hydrogens is 238 g/mol. The second-order valence-electron chi connectivity index (χ2n) is 5.74. The van der Waals surface area contributed by atoms with Crippen LogP contribution in [-0.2, 0) is 6.54 Å².